The van der Waals surface area contributed by atoms with Crippen LogP contribution in [0.3, 0.4) is 0 Å². The molecule has 1 saturated heterocycles. The minimum atomic E-state index is 0.0278. The van der Waals surface area contributed by atoms with Crippen LogP contribution in [-0.4, -0.2) is 48.6 Å². The molecule has 4 nitrogen and oxygen atoms in total. The summed E-state index contributed by atoms with van der Waals surface area (Å²) >= 11 is 6.04. The third-order valence-corrected chi connectivity index (χ3v) is 5.06. The van der Waals surface area contributed by atoms with E-state index in [1.165, 1.54) is 11.1 Å². The largest absolute Gasteiger partial charge is 0.334 e. The Bertz CT molecular complexity index is 724. The lowest BCUT2D eigenvalue weighted by Crippen LogP contribution is -2.51. The van der Waals surface area contributed by atoms with Crippen LogP contribution >= 0.6 is 11.6 Å². The maximum atomic E-state index is 12.3. The van der Waals surface area contributed by atoms with Gasteiger partial charge in [0, 0.05) is 44.3 Å². The van der Waals surface area contributed by atoms with Crippen LogP contribution in [0.1, 0.15) is 16.7 Å². The summed E-state index contributed by atoms with van der Waals surface area (Å²) in [6, 6.07) is 16.3. The molecular formula is C21H26ClN3O. The van der Waals surface area contributed by atoms with E-state index in [0.717, 1.165) is 49.7 Å². The topological polar surface area (TPSA) is 35.6 Å². The van der Waals surface area contributed by atoms with Gasteiger partial charge < -0.3 is 10.2 Å². The number of carbonyl (C=O) groups excluding carboxylic acids is 1. The zero-order chi connectivity index (χ0) is 18.4. The van der Waals surface area contributed by atoms with Gasteiger partial charge in [0.05, 0.1) is 0 Å². The van der Waals surface area contributed by atoms with Gasteiger partial charge in [-0.1, -0.05) is 53.6 Å². The summed E-state index contributed by atoms with van der Waals surface area (Å²) in [6.45, 7) is 7.02. The average molecular weight is 372 g/mol. The Kier molecular flexibility index (Phi) is 6.53. The standard InChI is InChI=1S/C21H26ClN3O/c1-17-5-7-19(8-6-17)16-23-21(26)25-13-11-24(12-14-25)10-9-18-3-2-4-20(22)15-18/h2-8,15H,9-14,16H2,1H3,(H,23,26). The molecule has 1 fully saturated rings. The molecule has 2 aromatic carbocycles. The van der Waals surface area contributed by atoms with E-state index in [-0.39, 0.29) is 6.03 Å². The number of rotatable bonds is 5. The Morgan fingerprint density at radius 2 is 1.77 bits per heavy atom. The fourth-order valence-corrected chi connectivity index (χ4v) is 3.36. The fourth-order valence-electron chi connectivity index (χ4n) is 3.15. The van der Waals surface area contributed by atoms with Gasteiger partial charge in [-0.3, -0.25) is 4.90 Å². The SMILES string of the molecule is Cc1ccc(CNC(=O)N2CCN(CCc3cccc(Cl)c3)CC2)cc1. The van der Waals surface area contributed by atoms with Gasteiger partial charge in [0.15, 0.2) is 0 Å². The molecule has 0 atom stereocenters. The van der Waals surface area contributed by atoms with Crippen molar-refractivity contribution in [1.82, 2.24) is 15.1 Å². The van der Waals surface area contributed by atoms with Crippen molar-refractivity contribution in [2.75, 3.05) is 32.7 Å². The maximum absolute atomic E-state index is 12.3. The molecule has 0 bridgehead atoms. The number of benzene rings is 2. The highest BCUT2D eigenvalue weighted by Gasteiger charge is 2.20. The summed E-state index contributed by atoms with van der Waals surface area (Å²) in [5.41, 5.74) is 3.62. The fraction of sp³-hybridized carbons (Fsp3) is 0.381. The predicted molar refractivity (Wildman–Crippen MR) is 107 cm³/mol. The minimum Gasteiger partial charge on any atom is -0.334 e. The number of hydrogen-bond donors (Lipinski definition) is 1. The first kappa shape index (κ1) is 18.7. The lowest BCUT2D eigenvalue weighted by molar-refractivity contribution is 0.140. The van der Waals surface area contributed by atoms with Crippen molar-refractivity contribution in [2.45, 2.75) is 19.9 Å². The van der Waals surface area contributed by atoms with E-state index in [1.807, 2.05) is 23.1 Å². The van der Waals surface area contributed by atoms with Crippen LogP contribution in [0.15, 0.2) is 48.5 Å². The molecule has 26 heavy (non-hydrogen) atoms. The minimum absolute atomic E-state index is 0.0278. The Morgan fingerprint density at radius 1 is 1.04 bits per heavy atom. The average Bonchev–Trinajstić information content (AvgIpc) is 2.66. The van der Waals surface area contributed by atoms with Crippen LogP contribution in [0.4, 0.5) is 4.79 Å². The molecule has 1 heterocycles. The molecule has 2 amide bonds. The van der Waals surface area contributed by atoms with E-state index in [4.69, 9.17) is 11.6 Å². The molecule has 3 rings (SSSR count). The number of hydrogen-bond acceptors (Lipinski definition) is 2. The first-order valence-electron chi connectivity index (χ1n) is 9.15. The van der Waals surface area contributed by atoms with Crippen LogP contribution in [0.2, 0.25) is 5.02 Å². The number of carbonyl (C=O) groups is 1. The van der Waals surface area contributed by atoms with Gasteiger partial charge in [-0.15, -0.1) is 0 Å². The van der Waals surface area contributed by atoms with Gasteiger partial charge in [0.25, 0.3) is 0 Å². The number of halogens is 1. The lowest BCUT2D eigenvalue weighted by atomic mass is 10.1. The van der Waals surface area contributed by atoms with Gasteiger partial charge >= 0.3 is 6.03 Å². The first-order chi connectivity index (χ1) is 12.6. The summed E-state index contributed by atoms with van der Waals surface area (Å²) in [4.78, 5) is 16.7. The zero-order valence-electron chi connectivity index (χ0n) is 15.2. The van der Waals surface area contributed by atoms with Gasteiger partial charge in [-0.25, -0.2) is 4.79 Å². The highest BCUT2D eigenvalue weighted by molar-refractivity contribution is 6.30. The van der Waals surface area contributed by atoms with Crippen molar-refractivity contribution in [3.8, 4) is 0 Å². The van der Waals surface area contributed by atoms with Crippen molar-refractivity contribution in [1.29, 1.82) is 0 Å². The van der Waals surface area contributed by atoms with Crippen molar-refractivity contribution in [2.24, 2.45) is 0 Å². The molecule has 0 saturated carbocycles. The molecule has 138 valence electrons. The molecule has 1 N–H and O–H groups in total. The highest BCUT2D eigenvalue weighted by Crippen LogP contribution is 2.12. The number of amides is 2. The van der Waals surface area contributed by atoms with Gasteiger partial charge in [-0.2, -0.15) is 0 Å². The Balaban J connectivity index is 1.38. The molecule has 0 spiro atoms. The van der Waals surface area contributed by atoms with E-state index >= 15 is 0 Å². The van der Waals surface area contributed by atoms with Crippen molar-refractivity contribution in [3.05, 3.63) is 70.2 Å². The van der Waals surface area contributed by atoms with E-state index in [9.17, 15) is 4.79 Å². The first-order valence-corrected chi connectivity index (χ1v) is 9.53. The van der Waals surface area contributed by atoms with E-state index < -0.39 is 0 Å². The molecule has 0 aromatic heterocycles. The van der Waals surface area contributed by atoms with Crippen molar-refractivity contribution >= 4 is 17.6 Å². The summed E-state index contributed by atoms with van der Waals surface area (Å²) in [5, 5.41) is 3.81. The van der Waals surface area contributed by atoms with Gasteiger partial charge in [0.1, 0.15) is 0 Å². The van der Waals surface area contributed by atoms with Crippen LogP contribution in [0, 0.1) is 6.92 Å². The Labute approximate surface area is 160 Å². The summed E-state index contributed by atoms with van der Waals surface area (Å²) < 4.78 is 0. The van der Waals surface area contributed by atoms with Crippen molar-refractivity contribution < 1.29 is 4.79 Å². The molecule has 1 aliphatic heterocycles. The van der Waals surface area contributed by atoms with Crippen LogP contribution < -0.4 is 5.32 Å². The Morgan fingerprint density at radius 3 is 2.46 bits per heavy atom. The highest BCUT2D eigenvalue weighted by atomic mass is 35.5. The predicted octanol–water partition coefficient (Wildman–Crippen LogP) is 3.72. The number of aryl methyl sites for hydroxylation is 1. The van der Waals surface area contributed by atoms with E-state index in [0.29, 0.717) is 6.54 Å². The normalized spacial score (nSPS) is 15.1. The number of nitrogens with one attached hydrogen (secondary N) is 1. The quantitative estimate of drug-likeness (QED) is 0.869. The van der Waals surface area contributed by atoms with E-state index in [2.05, 4.69) is 47.5 Å². The van der Waals surface area contributed by atoms with Crippen LogP contribution in [0.25, 0.3) is 0 Å². The molecular weight excluding hydrogens is 346 g/mol. The molecule has 0 radical (unpaired) electrons. The molecule has 1 aliphatic rings. The maximum Gasteiger partial charge on any atom is 0.317 e. The monoisotopic (exact) mass is 371 g/mol. The summed E-state index contributed by atoms with van der Waals surface area (Å²) in [5.74, 6) is 0. The number of piperazine rings is 1. The zero-order valence-corrected chi connectivity index (χ0v) is 16.0. The van der Waals surface area contributed by atoms with Gasteiger partial charge in [-0.05, 0) is 36.6 Å². The van der Waals surface area contributed by atoms with Crippen molar-refractivity contribution in [3.63, 3.8) is 0 Å². The third-order valence-electron chi connectivity index (χ3n) is 4.83. The molecule has 5 heteroatoms. The van der Waals surface area contributed by atoms with E-state index in [1.54, 1.807) is 0 Å². The Hall–Kier alpha value is -2.04. The van der Waals surface area contributed by atoms with Crippen LogP contribution in [-0.2, 0) is 13.0 Å². The van der Waals surface area contributed by atoms with Gasteiger partial charge in [0.2, 0.25) is 0 Å². The molecule has 2 aromatic rings. The number of urea groups is 1. The van der Waals surface area contributed by atoms with Crippen LogP contribution in [0.5, 0.6) is 0 Å². The molecule has 0 aliphatic carbocycles. The second-order valence-corrected chi connectivity index (χ2v) is 7.29. The molecule has 0 unspecified atom stereocenters. The number of nitrogens with zero attached hydrogens (tertiary/aromatic N) is 2. The smallest absolute Gasteiger partial charge is 0.317 e. The second kappa shape index (κ2) is 9.06. The second-order valence-electron chi connectivity index (χ2n) is 6.85. The lowest BCUT2D eigenvalue weighted by Gasteiger charge is -2.34. The third kappa shape index (κ3) is 5.48. The summed E-state index contributed by atoms with van der Waals surface area (Å²) in [7, 11) is 0. The summed E-state index contributed by atoms with van der Waals surface area (Å²) in [6.07, 6.45) is 0.986.